The molecule has 0 atom stereocenters. The Kier molecular flexibility index (Phi) is 6.46. The van der Waals surface area contributed by atoms with Crippen LogP contribution in [0.15, 0.2) is 0 Å². The first-order chi connectivity index (χ1) is 10.3. The van der Waals surface area contributed by atoms with E-state index < -0.39 is 0 Å². The molecule has 1 aliphatic rings. The summed E-state index contributed by atoms with van der Waals surface area (Å²) in [6.45, 7) is 6.00. The smallest absolute Gasteiger partial charge is 0.323 e. The third-order valence-corrected chi connectivity index (χ3v) is 3.30. The monoisotopic (exact) mass is 295 g/mol. The molecule has 1 aliphatic heterocycles. The summed E-state index contributed by atoms with van der Waals surface area (Å²) in [6.07, 6.45) is 4.47. The lowest BCUT2D eigenvalue weighted by atomic mass is 10.1. The molecule has 0 radical (unpaired) electrons. The van der Waals surface area contributed by atoms with Gasteiger partial charge in [0.15, 0.2) is 0 Å². The minimum Gasteiger partial charge on any atom is -0.463 e. The van der Waals surface area contributed by atoms with Gasteiger partial charge < -0.3 is 19.7 Å². The van der Waals surface area contributed by atoms with Crippen molar-refractivity contribution in [1.82, 2.24) is 15.0 Å². The number of anilines is 2. The lowest BCUT2D eigenvalue weighted by Gasteiger charge is -2.26. The summed E-state index contributed by atoms with van der Waals surface area (Å²) in [4.78, 5) is 15.4. The fourth-order valence-electron chi connectivity index (χ4n) is 2.25. The number of nitrogens with zero attached hydrogens (tertiary/aromatic N) is 4. The number of hydrogen-bond donors (Lipinski definition) is 1. The normalized spacial score (nSPS) is 15.0. The molecule has 118 valence electrons. The maximum absolute atomic E-state index is 5.62. The molecule has 7 heteroatoms. The summed E-state index contributed by atoms with van der Waals surface area (Å²) in [5.74, 6) is 1.29. The Morgan fingerprint density at radius 3 is 2.62 bits per heavy atom. The molecule has 0 aliphatic carbocycles. The Morgan fingerprint density at radius 1 is 1.10 bits per heavy atom. The molecule has 21 heavy (non-hydrogen) atoms. The zero-order chi connectivity index (χ0) is 14.9. The highest BCUT2D eigenvalue weighted by Crippen LogP contribution is 2.19. The Hall–Kier alpha value is -1.63. The zero-order valence-electron chi connectivity index (χ0n) is 13.0. The van der Waals surface area contributed by atoms with Gasteiger partial charge in [-0.2, -0.15) is 15.0 Å². The second kappa shape index (κ2) is 8.61. The van der Waals surface area contributed by atoms with Gasteiger partial charge in [0.25, 0.3) is 0 Å². The van der Waals surface area contributed by atoms with Crippen molar-refractivity contribution in [3.05, 3.63) is 0 Å². The Balaban J connectivity index is 2.05. The van der Waals surface area contributed by atoms with Crippen LogP contribution in [0.1, 0.15) is 32.6 Å². The van der Waals surface area contributed by atoms with Crippen molar-refractivity contribution in [1.29, 1.82) is 0 Å². The van der Waals surface area contributed by atoms with Crippen molar-refractivity contribution in [2.24, 2.45) is 0 Å². The molecule has 1 N–H and O–H groups in total. The van der Waals surface area contributed by atoms with Crippen LogP contribution in [-0.2, 0) is 4.74 Å². The summed E-state index contributed by atoms with van der Waals surface area (Å²) >= 11 is 0. The van der Waals surface area contributed by atoms with Crippen LogP contribution in [0.2, 0.25) is 0 Å². The molecule has 0 bridgehead atoms. The van der Waals surface area contributed by atoms with Gasteiger partial charge in [0.1, 0.15) is 0 Å². The highest BCUT2D eigenvalue weighted by atomic mass is 16.5. The number of hydrogen-bond acceptors (Lipinski definition) is 7. The molecular weight excluding hydrogens is 270 g/mol. The molecule has 0 amide bonds. The summed E-state index contributed by atoms with van der Waals surface area (Å²) < 4.78 is 10.6. The average Bonchev–Trinajstić information content (AvgIpc) is 2.53. The van der Waals surface area contributed by atoms with E-state index in [9.17, 15) is 0 Å². The van der Waals surface area contributed by atoms with Crippen molar-refractivity contribution < 1.29 is 9.47 Å². The molecule has 1 fully saturated rings. The molecule has 0 aromatic carbocycles. The van der Waals surface area contributed by atoms with E-state index in [2.05, 4.69) is 25.2 Å². The standard InChI is InChI=1S/C14H25N5O2/c1-3-15-12-16-13(19-8-5-4-6-9-19)18-14(17-12)21-11-7-10-20-2/h3-11H2,1-2H3,(H,15,16,17,18). The Morgan fingerprint density at radius 2 is 1.90 bits per heavy atom. The first-order valence-corrected chi connectivity index (χ1v) is 7.70. The van der Waals surface area contributed by atoms with E-state index in [4.69, 9.17) is 9.47 Å². The minimum atomic E-state index is 0.387. The predicted octanol–water partition coefficient (Wildman–Crippen LogP) is 1.71. The number of nitrogens with one attached hydrogen (secondary N) is 1. The summed E-state index contributed by atoms with van der Waals surface area (Å²) in [7, 11) is 1.68. The van der Waals surface area contributed by atoms with E-state index >= 15 is 0 Å². The van der Waals surface area contributed by atoms with Crippen molar-refractivity contribution in [2.75, 3.05) is 50.2 Å². The quantitative estimate of drug-likeness (QED) is 0.732. The second-order valence-electron chi connectivity index (χ2n) is 5.01. The summed E-state index contributed by atoms with van der Waals surface area (Å²) in [6, 6.07) is 0.387. The van der Waals surface area contributed by atoms with Gasteiger partial charge in [-0.1, -0.05) is 0 Å². The lowest BCUT2D eigenvalue weighted by Crippen LogP contribution is -2.31. The Labute approximate surface area is 126 Å². The minimum absolute atomic E-state index is 0.387. The van der Waals surface area contributed by atoms with Gasteiger partial charge in [-0.05, 0) is 26.2 Å². The number of aromatic nitrogens is 3. The van der Waals surface area contributed by atoms with Crippen LogP contribution in [0.3, 0.4) is 0 Å². The van der Waals surface area contributed by atoms with E-state index in [0.29, 0.717) is 31.1 Å². The van der Waals surface area contributed by atoms with E-state index in [1.54, 1.807) is 7.11 Å². The van der Waals surface area contributed by atoms with Gasteiger partial charge in [0.2, 0.25) is 11.9 Å². The van der Waals surface area contributed by atoms with Crippen molar-refractivity contribution in [3.63, 3.8) is 0 Å². The van der Waals surface area contributed by atoms with Crippen LogP contribution in [-0.4, -0.2) is 54.9 Å². The van der Waals surface area contributed by atoms with Gasteiger partial charge in [0.05, 0.1) is 6.61 Å². The SMILES string of the molecule is CCNc1nc(OCCCOC)nc(N2CCCCC2)n1. The highest BCUT2D eigenvalue weighted by Gasteiger charge is 2.16. The summed E-state index contributed by atoms with van der Waals surface area (Å²) in [5, 5.41) is 3.14. The van der Waals surface area contributed by atoms with Crippen LogP contribution in [0.5, 0.6) is 6.01 Å². The maximum atomic E-state index is 5.62. The van der Waals surface area contributed by atoms with Gasteiger partial charge in [0, 0.05) is 39.8 Å². The number of piperidine rings is 1. The predicted molar refractivity (Wildman–Crippen MR) is 82.0 cm³/mol. The third-order valence-electron chi connectivity index (χ3n) is 3.30. The Bertz CT molecular complexity index is 424. The number of rotatable bonds is 8. The van der Waals surface area contributed by atoms with Crippen molar-refractivity contribution in [3.8, 4) is 6.01 Å². The van der Waals surface area contributed by atoms with E-state index in [-0.39, 0.29) is 0 Å². The van der Waals surface area contributed by atoms with Crippen LogP contribution < -0.4 is 15.0 Å². The van der Waals surface area contributed by atoms with Gasteiger partial charge in [-0.15, -0.1) is 0 Å². The number of ether oxygens (including phenoxy) is 2. The van der Waals surface area contributed by atoms with Crippen molar-refractivity contribution >= 4 is 11.9 Å². The molecule has 1 aromatic rings. The molecule has 2 rings (SSSR count). The molecule has 0 unspecified atom stereocenters. The second-order valence-corrected chi connectivity index (χ2v) is 5.01. The number of methoxy groups -OCH3 is 1. The maximum Gasteiger partial charge on any atom is 0.323 e. The first kappa shape index (κ1) is 15.8. The van der Waals surface area contributed by atoms with Crippen LogP contribution in [0.4, 0.5) is 11.9 Å². The molecular formula is C14H25N5O2. The first-order valence-electron chi connectivity index (χ1n) is 7.70. The van der Waals surface area contributed by atoms with Gasteiger partial charge >= 0.3 is 6.01 Å². The van der Waals surface area contributed by atoms with Gasteiger partial charge in [-0.3, -0.25) is 0 Å². The third kappa shape index (κ3) is 5.00. The molecule has 2 heterocycles. The van der Waals surface area contributed by atoms with Gasteiger partial charge in [-0.25, -0.2) is 0 Å². The van der Waals surface area contributed by atoms with Crippen molar-refractivity contribution in [2.45, 2.75) is 32.6 Å². The molecule has 0 saturated carbocycles. The highest BCUT2D eigenvalue weighted by molar-refractivity contribution is 5.38. The lowest BCUT2D eigenvalue weighted by molar-refractivity contribution is 0.168. The van der Waals surface area contributed by atoms with E-state index in [1.165, 1.54) is 19.3 Å². The van der Waals surface area contributed by atoms with E-state index in [0.717, 1.165) is 26.1 Å². The molecule has 1 aromatic heterocycles. The fourth-order valence-corrected chi connectivity index (χ4v) is 2.25. The summed E-state index contributed by atoms with van der Waals surface area (Å²) in [5.41, 5.74) is 0. The molecule has 7 nitrogen and oxygen atoms in total. The molecule has 0 spiro atoms. The van der Waals surface area contributed by atoms with Crippen LogP contribution in [0.25, 0.3) is 0 Å². The van der Waals surface area contributed by atoms with E-state index in [1.807, 2.05) is 6.92 Å². The largest absolute Gasteiger partial charge is 0.463 e. The van der Waals surface area contributed by atoms with Crippen LogP contribution >= 0.6 is 0 Å². The molecule has 1 saturated heterocycles. The average molecular weight is 295 g/mol. The zero-order valence-corrected chi connectivity index (χ0v) is 13.0. The van der Waals surface area contributed by atoms with Crippen LogP contribution in [0, 0.1) is 0 Å². The topological polar surface area (TPSA) is 72.4 Å². The fraction of sp³-hybridized carbons (Fsp3) is 0.786.